The van der Waals surface area contributed by atoms with E-state index >= 15 is 0 Å². The number of carboxylic acid groups (broad SMARTS) is 1. The van der Waals surface area contributed by atoms with Gasteiger partial charge in [0, 0.05) is 16.5 Å². The number of rotatable bonds is 7. The maximum Gasteiger partial charge on any atom is 0.339 e. The van der Waals surface area contributed by atoms with Crippen LogP contribution in [-0.2, 0) is 6.42 Å². The molecule has 0 radical (unpaired) electrons. The molecule has 1 aromatic carbocycles. The normalized spacial score (nSPS) is 10.4. The highest BCUT2D eigenvalue weighted by molar-refractivity contribution is 7.16. The molecule has 2 aromatic rings. The Hall–Kier alpha value is -2.94. The van der Waals surface area contributed by atoms with Crippen LogP contribution in [0.5, 0.6) is 5.75 Å². The van der Waals surface area contributed by atoms with Crippen LogP contribution in [0.25, 0.3) is 0 Å². The first-order valence-electron chi connectivity index (χ1n) is 7.88. The maximum absolute atomic E-state index is 12.5. The van der Waals surface area contributed by atoms with Gasteiger partial charge in [-0.1, -0.05) is 6.92 Å². The Labute approximate surface area is 153 Å². The number of hydrogen-bond acceptors (Lipinski definition) is 6. The Kier molecular flexibility index (Phi) is 5.93. The van der Waals surface area contributed by atoms with Crippen LogP contribution in [0.3, 0.4) is 0 Å². The molecular weight excluding hydrogens is 360 g/mol. The summed E-state index contributed by atoms with van der Waals surface area (Å²) in [5, 5.41) is 23.4. The van der Waals surface area contributed by atoms with E-state index in [1.165, 1.54) is 23.5 Å². The second-order valence-electron chi connectivity index (χ2n) is 5.33. The number of carbonyl (C=O) groups excluding carboxylic acids is 1. The summed E-state index contributed by atoms with van der Waals surface area (Å²) in [6.07, 6.45) is 0.522. The van der Waals surface area contributed by atoms with E-state index in [4.69, 9.17) is 4.74 Å². The third kappa shape index (κ3) is 3.83. The lowest BCUT2D eigenvalue weighted by molar-refractivity contribution is -0.385. The predicted octanol–water partition coefficient (Wildman–Crippen LogP) is 3.88. The summed E-state index contributed by atoms with van der Waals surface area (Å²) in [6.45, 7) is 5.57. The number of thiophene rings is 1. The van der Waals surface area contributed by atoms with Crippen molar-refractivity contribution in [2.75, 3.05) is 11.9 Å². The fourth-order valence-electron chi connectivity index (χ4n) is 2.57. The Morgan fingerprint density at radius 1 is 1.35 bits per heavy atom. The largest absolute Gasteiger partial charge is 0.487 e. The van der Waals surface area contributed by atoms with E-state index in [0.29, 0.717) is 12.0 Å². The van der Waals surface area contributed by atoms with E-state index in [9.17, 15) is 24.8 Å². The van der Waals surface area contributed by atoms with Gasteiger partial charge in [-0.05, 0) is 38.0 Å². The van der Waals surface area contributed by atoms with E-state index in [1.807, 2.05) is 6.92 Å². The van der Waals surface area contributed by atoms with Crippen molar-refractivity contribution < 1.29 is 24.4 Å². The van der Waals surface area contributed by atoms with E-state index in [0.717, 1.165) is 10.9 Å². The van der Waals surface area contributed by atoms with E-state index < -0.39 is 16.8 Å². The summed E-state index contributed by atoms with van der Waals surface area (Å²) in [5.74, 6) is -1.68. The van der Waals surface area contributed by atoms with E-state index in [1.54, 1.807) is 13.8 Å². The molecule has 0 saturated heterocycles. The van der Waals surface area contributed by atoms with Crippen LogP contribution < -0.4 is 10.1 Å². The Bertz CT molecular complexity index is 874. The van der Waals surface area contributed by atoms with Crippen LogP contribution in [0.15, 0.2) is 18.2 Å². The number of nitrogens with one attached hydrogen (secondary N) is 1. The number of hydrogen-bond donors (Lipinski definition) is 2. The van der Waals surface area contributed by atoms with Crippen LogP contribution >= 0.6 is 11.3 Å². The molecule has 0 spiro atoms. The number of aromatic carboxylic acids is 1. The van der Waals surface area contributed by atoms with Crippen molar-refractivity contribution in [1.29, 1.82) is 0 Å². The first-order chi connectivity index (χ1) is 12.3. The van der Waals surface area contributed by atoms with Crippen molar-refractivity contribution in [2.45, 2.75) is 27.2 Å². The first-order valence-corrected chi connectivity index (χ1v) is 8.69. The van der Waals surface area contributed by atoms with Gasteiger partial charge >= 0.3 is 11.7 Å². The monoisotopic (exact) mass is 378 g/mol. The number of benzene rings is 1. The predicted molar refractivity (Wildman–Crippen MR) is 97.6 cm³/mol. The lowest BCUT2D eigenvalue weighted by Gasteiger charge is -2.08. The van der Waals surface area contributed by atoms with Crippen LogP contribution in [0, 0.1) is 17.0 Å². The van der Waals surface area contributed by atoms with E-state index in [2.05, 4.69) is 5.32 Å². The number of carboxylic acids is 1. The van der Waals surface area contributed by atoms with Gasteiger partial charge in [0.25, 0.3) is 5.91 Å². The van der Waals surface area contributed by atoms with Crippen molar-refractivity contribution in [3.63, 3.8) is 0 Å². The number of nitrogens with zero attached hydrogens (tertiary/aromatic N) is 1. The van der Waals surface area contributed by atoms with Gasteiger partial charge in [0.05, 0.1) is 17.1 Å². The highest BCUT2D eigenvalue weighted by atomic mass is 32.1. The molecule has 0 saturated carbocycles. The van der Waals surface area contributed by atoms with Gasteiger partial charge in [-0.3, -0.25) is 14.9 Å². The van der Waals surface area contributed by atoms with Gasteiger partial charge in [-0.25, -0.2) is 4.79 Å². The van der Waals surface area contributed by atoms with Crippen molar-refractivity contribution in [1.82, 2.24) is 0 Å². The molecule has 1 amide bonds. The number of nitro groups is 1. The number of carbonyl (C=O) groups is 2. The molecule has 9 heteroatoms. The number of nitro benzene ring substituents is 1. The minimum Gasteiger partial charge on any atom is -0.487 e. The standard InChI is InChI=1S/C17H18N2O6S/c1-4-11-9(3)26-16(14(11)17(21)22)18-15(20)10-6-7-13(25-5-2)12(8-10)19(23)24/h6-8H,4-5H2,1-3H3,(H,18,20)(H,21,22). The molecule has 0 unspecified atom stereocenters. The topological polar surface area (TPSA) is 119 Å². The molecule has 0 bridgehead atoms. The quantitative estimate of drug-likeness (QED) is 0.557. The summed E-state index contributed by atoms with van der Waals surface area (Å²) in [6, 6.07) is 3.86. The molecule has 26 heavy (non-hydrogen) atoms. The number of amides is 1. The average molecular weight is 378 g/mol. The number of aryl methyl sites for hydroxylation is 1. The van der Waals surface area contributed by atoms with E-state index in [-0.39, 0.29) is 34.2 Å². The number of anilines is 1. The van der Waals surface area contributed by atoms with Gasteiger partial charge in [0.2, 0.25) is 0 Å². The van der Waals surface area contributed by atoms with Crippen LogP contribution in [0.1, 0.15) is 45.0 Å². The minimum absolute atomic E-state index is 0.0422. The molecule has 0 aliphatic carbocycles. The van der Waals surface area contributed by atoms with Gasteiger partial charge in [-0.15, -0.1) is 11.3 Å². The van der Waals surface area contributed by atoms with Crippen molar-refractivity contribution in [2.24, 2.45) is 0 Å². The Morgan fingerprint density at radius 2 is 2.04 bits per heavy atom. The molecule has 2 rings (SSSR count). The third-order valence-corrected chi connectivity index (χ3v) is 4.78. The summed E-state index contributed by atoms with van der Waals surface area (Å²) < 4.78 is 5.19. The molecule has 0 aliphatic heterocycles. The lowest BCUT2D eigenvalue weighted by atomic mass is 10.1. The highest BCUT2D eigenvalue weighted by Crippen LogP contribution is 2.34. The molecule has 8 nitrogen and oxygen atoms in total. The molecule has 0 aliphatic rings. The molecule has 0 atom stereocenters. The summed E-state index contributed by atoms with van der Waals surface area (Å²) >= 11 is 1.17. The molecule has 138 valence electrons. The fourth-order valence-corrected chi connectivity index (χ4v) is 3.70. The zero-order valence-electron chi connectivity index (χ0n) is 14.5. The number of ether oxygens (including phenoxy) is 1. The minimum atomic E-state index is -1.13. The maximum atomic E-state index is 12.5. The van der Waals surface area contributed by atoms with Gasteiger partial charge < -0.3 is 15.2 Å². The molecular formula is C17H18N2O6S. The summed E-state index contributed by atoms with van der Waals surface area (Å²) in [7, 11) is 0. The molecule has 1 heterocycles. The van der Waals surface area contributed by atoms with Crippen LogP contribution in [0.4, 0.5) is 10.7 Å². The molecule has 0 fully saturated rings. The fraction of sp³-hybridized carbons (Fsp3) is 0.294. The third-order valence-electron chi connectivity index (χ3n) is 3.72. The van der Waals surface area contributed by atoms with Crippen molar-refractivity contribution >= 4 is 33.9 Å². The molecule has 2 N–H and O–H groups in total. The van der Waals surface area contributed by atoms with Crippen molar-refractivity contribution in [3.8, 4) is 5.75 Å². The van der Waals surface area contributed by atoms with Crippen LogP contribution in [-0.4, -0.2) is 28.5 Å². The van der Waals surface area contributed by atoms with Crippen molar-refractivity contribution in [3.05, 3.63) is 49.9 Å². The van der Waals surface area contributed by atoms with Gasteiger partial charge in [-0.2, -0.15) is 0 Å². The molecule has 1 aromatic heterocycles. The highest BCUT2D eigenvalue weighted by Gasteiger charge is 2.24. The second-order valence-corrected chi connectivity index (χ2v) is 6.55. The Balaban J connectivity index is 2.38. The van der Waals surface area contributed by atoms with Gasteiger partial charge in [0.15, 0.2) is 5.75 Å². The van der Waals surface area contributed by atoms with Gasteiger partial charge in [0.1, 0.15) is 5.00 Å². The Morgan fingerprint density at radius 3 is 2.58 bits per heavy atom. The average Bonchev–Trinajstić information content (AvgIpc) is 2.90. The zero-order chi connectivity index (χ0) is 19.4. The zero-order valence-corrected chi connectivity index (χ0v) is 15.3. The smallest absolute Gasteiger partial charge is 0.339 e. The van der Waals surface area contributed by atoms with Crippen LogP contribution in [0.2, 0.25) is 0 Å². The lowest BCUT2D eigenvalue weighted by Crippen LogP contribution is -2.14. The second kappa shape index (κ2) is 7.96. The first kappa shape index (κ1) is 19.4. The summed E-state index contributed by atoms with van der Waals surface area (Å²) in [4.78, 5) is 35.4. The SMILES string of the molecule is CCOc1ccc(C(=O)Nc2sc(C)c(CC)c2C(=O)O)cc1[N+](=O)[O-]. The summed E-state index contributed by atoms with van der Waals surface area (Å²) in [5.41, 5.74) is 0.439.